The quantitative estimate of drug-likeness (QED) is 0.159. The Labute approximate surface area is 260 Å². The van der Waals surface area contributed by atoms with Gasteiger partial charge in [-0.3, -0.25) is 9.59 Å². The van der Waals surface area contributed by atoms with Crippen LogP contribution >= 0.6 is 12.4 Å². The zero-order valence-corrected chi connectivity index (χ0v) is 24.8. The maximum absolute atomic E-state index is 12.9. The number of piperidine rings is 2. The number of carbonyl (C=O) groups is 1. The predicted octanol–water partition coefficient (Wildman–Crippen LogP) is 0.860. The van der Waals surface area contributed by atoms with E-state index >= 15 is 0 Å². The van der Waals surface area contributed by atoms with E-state index < -0.39 is 5.91 Å². The van der Waals surface area contributed by atoms with E-state index in [1.807, 2.05) is 15.9 Å². The van der Waals surface area contributed by atoms with Crippen molar-refractivity contribution in [3.63, 3.8) is 0 Å². The molecule has 15 heteroatoms. The molecule has 0 spiro atoms. The van der Waals surface area contributed by atoms with E-state index in [9.17, 15) is 9.59 Å². The summed E-state index contributed by atoms with van der Waals surface area (Å²) in [5.41, 5.74) is 26.6. The van der Waals surface area contributed by atoms with Gasteiger partial charge in [0.1, 0.15) is 5.56 Å². The van der Waals surface area contributed by atoms with E-state index in [4.69, 9.17) is 27.9 Å². The Morgan fingerprint density at radius 2 is 1.30 bits per heavy atom. The van der Waals surface area contributed by atoms with Gasteiger partial charge in [0.05, 0.1) is 0 Å². The lowest BCUT2D eigenvalue weighted by Gasteiger charge is -2.37. The highest BCUT2D eigenvalue weighted by Gasteiger charge is 2.29. The Morgan fingerprint density at radius 3 is 1.86 bits per heavy atom. The van der Waals surface area contributed by atoms with Crippen LogP contribution in [0.1, 0.15) is 23.2 Å². The number of pyridine rings is 1. The molecular formula is C29H37ClN12O2. The van der Waals surface area contributed by atoms with E-state index in [1.165, 1.54) is 6.20 Å². The van der Waals surface area contributed by atoms with Gasteiger partial charge in [0.2, 0.25) is 23.3 Å². The number of nitrogens with one attached hydrogen (secondary N) is 3. The van der Waals surface area contributed by atoms with Crippen LogP contribution in [0.5, 0.6) is 0 Å². The molecule has 2 aliphatic heterocycles. The van der Waals surface area contributed by atoms with Gasteiger partial charge in [-0.1, -0.05) is 12.1 Å². The fourth-order valence-corrected chi connectivity index (χ4v) is 5.68. The molecule has 2 aromatic heterocycles. The molecule has 44 heavy (non-hydrogen) atoms. The van der Waals surface area contributed by atoms with Crippen LogP contribution in [0.2, 0.25) is 0 Å². The molecule has 6 rings (SSSR count). The second-order valence-corrected chi connectivity index (χ2v) is 11.3. The minimum absolute atomic E-state index is 0. The number of halogens is 1. The SMILES string of the molecule is Cl.N[C@@H]1C[C@H](N)CN(c2nc(Nc3ccc(NC(=O)c4c[nH]c5ccccc5c4=O)cc3)nc(N3C[C@H](N)C[C@H](N)C3)n2)C1. The number of aromatic amines is 1. The fraction of sp³-hybridized carbons (Fsp3) is 0.345. The summed E-state index contributed by atoms with van der Waals surface area (Å²) in [6, 6.07) is 13.7. The zero-order chi connectivity index (χ0) is 30.1. The van der Waals surface area contributed by atoms with Gasteiger partial charge in [-0.25, -0.2) is 0 Å². The van der Waals surface area contributed by atoms with Crippen LogP contribution < -0.4 is 48.8 Å². The summed E-state index contributed by atoms with van der Waals surface area (Å²) in [5.74, 6) is 0.765. The number of nitrogens with zero attached hydrogens (tertiary/aromatic N) is 5. The predicted molar refractivity (Wildman–Crippen MR) is 175 cm³/mol. The molecule has 2 fully saturated rings. The average Bonchev–Trinajstić information content (AvgIpc) is 2.97. The minimum Gasteiger partial charge on any atom is -0.360 e. The van der Waals surface area contributed by atoms with Crippen molar-refractivity contribution in [2.45, 2.75) is 37.0 Å². The topological polar surface area (TPSA) is 223 Å². The van der Waals surface area contributed by atoms with E-state index in [0.717, 1.165) is 12.8 Å². The fourth-order valence-electron chi connectivity index (χ4n) is 5.68. The third-order valence-electron chi connectivity index (χ3n) is 7.64. The lowest BCUT2D eigenvalue weighted by atomic mass is 10.0. The van der Waals surface area contributed by atoms with Crippen LogP contribution in [-0.2, 0) is 0 Å². The van der Waals surface area contributed by atoms with Crippen LogP contribution in [0.4, 0.5) is 29.2 Å². The minimum atomic E-state index is -0.504. The standard InChI is InChI=1S/C29H36N12O2.ClH/c30-16-9-17(31)13-40(12-16)28-37-27(38-29(39-28)41-14-18(32)10-19(33)15-41)36-21-7-5-20(6-8-21)35-26(43)23-11-34-24-4-2-1-3-22(24)25(23)42;/h1-8,11,16-19H,9-10,12-15,30-33H2,(H,34,42)(H,35,43)(H,36,37,38,39);1H/t16-,17+,18-,19+;. The van der Waals surface area contributed by atoms with Crippen LogP contribution in [-0.4, -0.2) is 76.2 Å². The van der Waals surface area contributed by atoms with Crippen molar-refractivity contribution < 1.29 is 4.79 Å². The summed E-state index contributed by atoms with van der Waals surface area (Å²) in [6.45, 7) is 2.29. The van der Waals surface area contributed by atoms with Gasteiger partial charge < -0.3 is 48.4 Å². The summed E-state index contributed by atoms with van der Waals surface area (Å²) in [5, 5.41) is 6.48. The highest BCUT2D eigenvalue weighted by molar-refractivity contribution is 6.05. The number of H-pyrrole nitrogens is 1. The molecule has 14 nitrogen and oxygen atoms in total. The van der Waals surface area contributed by atoms with E-state index in [-0.39, 0.29) is 47.6 Å². The second-order valence-electron chi connectivity index (χ2n) is 11.3. The first kappa shape index (κ1) is 31.1. The van der Waals surface area contributed by atoms with Crippen molar-refractivity contribution in [2.75, 3.05) is 46.6 Å². The first-order valence-electron chi connectivity index (χ1n) is 14.3. The molecule has 4 heterocycles. The Morgan fingerprint density at radius 1 is 0.773 bits per heavy atom. The van der Waals surface area contributed by atoms with Crippen molar-refractivity contribution in [3.05, 3.63) is 70.5 Å². The average molecular weight is 621 g/mol. The second kappa shape index (κ2) is 13.1. The normalized spacial score (nSPS) is 21.9. The summed E-state index contributed by atoms with van der Waals surface area (Å²) in [6.07, 6.45) is 2.89. The van der Waals surface area contributed by atoms with Crippen molar-refractivity contribution in [2.24, 2.45) is 22.9 Å². The monoisotopic (exact) mass is 620 g/mol. The maximum atomic E-state index is 12.9. The van der Waals surface area contributed by atoms with Crippen LogP contribution in [0.15, 0.2) is 59.5 Å². The van der Waals surface area contributed by atoms with Gasteiger partial charge in [-0.15, -0.1) is 12.4 Å². The Hall–Kier alpha value is -4.34. The number of hydrogen-bond acceptors (Lipinski definition) is 12. The molecule has 0 unspecified atom stereocenters. The molecule has 1 amide bonds. The molecule has 0 bridgehead atoms. The zero-order valence-electron chi connectivity index (χ0n) is 24.0. The summed E-state index contributed by atoms with van der Waals surface area (Å²) in [4.78, 5) is 46.8. The van der Waals surface area contributed by atoms with Crippen molar-refractivity contribution in [1.82, 2.24) is 19.9 Å². The Balaban J connectivity index is 0.00000384. The summed E-state index contributed by atoms with van der Waals surface area (Å²) >= 11 is 0. The molecule has 232 valence electrons. The number of aromatic nitrogens is 4. The highest BCUT2D eigenvalue weighted by Crippen LogP contribution is 2.24. The molecule has 4 aromatic rings. The first-order valence-corrected chi connectivity index (χ1v) is 14.3. The van der Waals surface area contributed by atoms with Crippen molar-refractivity contribution in [1.29, 1.82) is 0 Å². The highest BCUT2D eigenvalue weighted by atomic mass is 35.5. The number of fused-ring (bicyclic) bond motifs is 1. The van der Waals surface area contributed by atoms with Gasteiger partial charge in [0.25, 0.3) is 5.91 Å². The van der Waals surface area contributed by atoms with Crippen molar-refractivity contribution >= 4 is 58.4 Å². The largest absolute Gasteiger partial charge is 0.360 e. The lowest BCUT2D eigenvalue weighted by Crippen LogP contribution is -2.54. The van der Waals surface area contributed by atoms with Crippen LogP contribution in [0.25, 0.3) is 10.9 Å². The lowest BCUT2D eigenvalue weighted by molar-refractivity contribution is 0.102. The molecule has 2 aromatic carbocycles. The van der Waals surface area contributed by atoms with Gasteiger partial charge in [0.15, 0.2) is 0 Å². The maximum Gasteiger partial charge on any atom is 0.261 e. The summed E-state index contributed by atoms with van der Waals surface area (Å²) in [7, 11) is 0. The van der Waals surface area contributed by atoms with E-state index in [1.54, 1.807) is 42.5 Å². The van der Waals surface area contributed by atoms with Gasteiger partial charge >= 0.3 is 0 Å². The summed E-state index contributed by atoms with van der Waals surface area (Å²) < 4.78 is 0. The molecule has 2 aliphatic rings. The third kappa shape index (κ3) is 6.90. The number of hydrogen-bond donors (Lipinski definition) is 7. The van der Waals surface area contributed by atoms with Crippen molar-refractivity contribution in [3.8, 4) is 0 Å². The first-order chi connectivity index (χ1) is 20.7. The van der Waals surface area contributed by atoms with E-state index in [2.05, 4.69) is 25.6 Å². The molecule has 2 saturated heterocycles. The number of anilines is 5. The number of nitrogens with two attached hydrogens (primary N) is 4. The molecule has 0 saturated carbocycles. The number of benzene rings is 2. The smallest absolute Gasteiger partial charge is 0.261 e. The van der Waals surface area contributed by atoms with Gasteiger partial charge in [-0.05, 0) is 49.2 Å². The number of amides is 1. The van der Waals surface area contributed by atoms with Gasteiger partial charge in [-0.2, -0.15) is 15.0 Å². The van der Waals surface area contributed by atoms with E-state index in [0.29, 0.717) is 66.3 Å². The number of para-hydroxylation sites is 1. The third-order valence-corrected chi connectivity index (χ3v) is 7.64. The molecular weight excluding hydrogens is 584 g/mol. The number of rotatable bonds is 6. The Bertz CT molecular complexity index is 1620. The van der Waals surface area contributed by atoms with Crippen LogP contribution in [0.3, 0.4) is 0 Å². The molecule has 0 aliphatic carbocycles. The molecule has 4 atom stereocenters. The number of carbonyl (C=O) groups excluding carboxylic acids is 1. The van der Waals surface area contributed by atoms with Crippen LogP contribution in [0, 0.1) is 0 Å². The molecule has 11 N–H and O–H groups in total. The molecule has 0 radical (unpaired) electrons. The van der Waals surface area contributed by atoms with Gasteiger partial charge in [0, 0.05) is 78.8 Å². The Kier molecular flexibility index (Phi) is 9.27.